The highest BCUT2D eigenvalue weighted by molar-refractivity contribution is 7.65. The molecule has 2 amide bonds. The molecule has 0 saturated carbocycles. The maximum Gasteiger partial charge on any atom is 0.406 e. The van der Waals surface area contributed by atoms with Crippen molar-refractivity contribution in [3.8, 4) is 22.5 Å². The molecule has 5 rings (SSSR count). The molecule has 226 valence electrons. The summed E-state index contributed by atoms with van der Waals surface area (Å²) in [6.07, 6.45) is 2.57. The number of fused-ring (bicyclic) bond motifs is 2. The number of nitrogens with one attached hydrogen (secondary N) is 4. The third-order valence-electron chi connectivity index (χ3n) is 6.34. The Balaban J connectivity index is 1.24. The van der Waals surface area contributed by atoms with Crippen LogP contribution in [-0.2, 0) is 19.1 Å². The zero-order valence-electron chi connectivity index (χ0n) is 23.7. The first-order chi connectivity index (χ1) is 21.3. The average Bonchev–Trinajstić information content (AvgIpc) is 3.69. The van der Waals surface area contributed by atoms with Crippen LogP contribution < -0.4 is 21.8 Å². The van der Waals surface area contributed by atoms with Crippen molar-refractivity contribution in [3.63, 3.8) is 0 Å². The molecule has 2 aromatic carbocycles. The number of aromatic amines is 2. The Morgan fingerprint density at radius 3 is 1.52 bits per heavy atom. The van der Waals surface area contributed by atoms with Gasteiger partial charge in [0.1, 0.15) is 11.1 Å². The third kappa shape index (κ3) is 7.77. The highest BCUT2D eigenvalue weighted by Crippen LogP contribution is 2.26. The van der Waals surface area contributed by atoms with E-state index in [0.29, 0.717) is 33.2 Å². The average molecular weight is 635 g/mol. The molecule has 44 heavy (non-hydrogen) atoms. The van der Waals surface area contributed by atoms with Gasteiger partial charge in [-0.25, -0.2) is 29.5 Å². The monoisotopic (exact) mass is 634 g/mol. The first kappa shape index (κ1) is 30.7. The number of aromatic nitrogens is 6. The minimum absolute atomic E-state index is 0.0391. The number of benzene rings is 2. The molecule has 2 atom stereocenters. The SMILES string of the molecule is COC(=O)NCCC(=O)Pc1ncc(-c2ccc3nc4cc(-c5cnc(PC(=O)CCNC(=O)OC)[nH]5)ccc4nc3c2)[nH]1. The largest absolute Gasteiger partial charge is 0.453 e. The van der Waals surface area contributed by atoms with E-state index in [0.717, 1.165) is 22.5 Å². The molecule has 0 saturated heterocycles. The van der Waals surface area contributed by atoms with Crippen LogP contribution in [0, 0.1) is 0 Å². The van der Waals surface area contributed by atoms with Gasteiger partial charge in [0.25, 0.3) is 0 Å². The number of alkyl carbamates (subject to hydrolysis) is 2. The summed E-state index contributed by atoms with van der Waals surface area (Å²) in [5, 5.41) is 4.98. The molecule has 0 aliphatic rings. The van der Waals surface area contributed by atoms with Gasteiger partial charge in [-0.05, 0) is 24.3 Å². The van der Waals surface area contributed by atoms with Crippen molar-refractivity contribution < 1.29 is 28.7 Å². The fourth-order valence-corrected chi connectivity index (χ4v) is 5.84. The van der Waals surface area contributed by atoms with Crippen LogP contribution in [0.25, 0.3) is 44.6 Å². The van der Waals surface area contributed by atoms with E-state index in [2.05, 4.69) is 40.0 Å². The van der Waals surface area contributed by atoms with Gasteiger partial charge >= 0.3 is 12.2 Å². The molecule has 5 aromatic rings. The van der Waals surface area contributed by atoms with Crippen molar-refractivity contribution in [1.82, 2.24) is 40.5 Å². The van der Waals surface area contributed by atoms with Crippen molar-refractivity contribution in [2.75, 3.05) is 27.3 Å². The van der Waals surface area contributed by atoms with Crippen LogP contribution in [0.3, 0.4) is 0 Å². The lowest BCUT2D eigenvalue weighted by Crippen LogP contribution is -2.25. The predicted molar refractivity (Wildman–Crippen MR) is 168 cm³/mol. The molecule has 0 radical (unpaired) electrons. The Labute approximate surface area is 254 Å². The van der Waals surface area contributed by atoms with E-state index in [1.807, 2.05) is 36.4 Å². The van der Waals surface area contributed by atoms with Crippen LogP contribution in [0.15, 0.2) is 48.8 Å². The Kier molecular flexibility index (Phi) is 9.83. The molecule has 3 heterocycles. The second-order valence-electron chi connectivity index (χ2n) is 9.35. The first-order valence-corrected chi connectivity index (χ1v) is 15.4. The van der Waals surface area contributed by atoms with Crippen molar-refractivity contribution in [2.24, 2.45) is 0 Å². The summed E-state index contributed by atoms with van der Waals surface area (Å²) in [6.45, 7) is 0.405. The summed E-state index contributed by atoms with van der Waals surface area (Å²) in [5.41, 5.74) is 7.09. The second kappa shape index (κ2) is 14.1. The number of methoxy groups -OCH3 is 2. The summed E-state index contributed by atoms with van der Waals surface area (Å²) in [4.78, 5) is 71.5. The van der Waals surface area contributed by atoms with Crippen LogP contribution >= 0.6 is 17.2 Å². The van der Waals surface area contributed by atoms with Gasteiger partial charge in [0.2, 0.25) is 0 Å². The van der Waals surface area contributed by atoms with E-state index in [4.69, 9.17) is 9.97 Å². The molecule has 0 aliphatic carbocycles. The van der Waals surface area contributed by atoms with Crippen LogP contribution in [0.2, 0.25) is 0 Å². The summed E-state index contributed by atoms with van der Waals surface area (Å²) in [6, 6.07) is 11.4. The van der Waals surface area contributed by atoms with E-state index in [9.17, 15) is 19.2 Å². The molecular weight excluding hydrogens is 606 g/mol. The van der Waals surface area contributed by atoms with Crippen LogP contribution in [-0.4, -0.2) is 80.4 Å². The molecule has 0 fully saturated rings. The summed E-state index contributed by atoms with van der Waals surface area (Å²) in [7, 11) is 2.21. The number of rotatable bonds is 12. The summed E-state index contributed by atoms with van der Waals surface area (Å²) in [5.74, 6) is 0. The quantitative estimate of drug-likeness (QED) is 0.117. The number of ether oxygens (including phenoxy) is 2. The zero-order chi connectivity index (χ0) is 31.1. The second-order valence-corrected chi connectivity index (χ2v) is 11.9. The summed E-state index contributed by atoms with van der Waals surface area (Å²) < 4.78 is 8.99. The molecule has 2 unspecified atom stereocenters. The topological polar surface area (TPSA) is 194 Å². The normalized spacial score (nSPS) is 11.5. The molecule has 3 aromatic heterocycles. The van der Waals surface area contributed by atoms with Gasteiger partial charge < -0.3 is 30.1 Å². The van der Waals surface area contributed by atoms with E-state index in [-0.39, 0.29) is 54.1 Å². The maximum atomic E-state index is 12.3. The minimum Gasteiger partial charge on any atom is -0.453 e. The van der Waals surface area contributed by atoms with Crippen molar-refractivity contribution in [1.29, 1.82) is 0 Å². The van der Waals surface area contributed by atoms with Crippen LogP contribution in [0.1, 0.15) is 12.8 Å². The standard InChI is InChI=1S/C28H28N8O6P2/c1-41-27(39)29-9-7-23(37)43-25-31-13-21(35-25)15-3-5-17-19(11-15)33-18-6-4-16(12-20(18)34-17)22-14-32-26(36-22)44-24(38)8-10-30-28(40)42-2/h3-6,11-14,43-44H,7-10H2,1-2H3,(H,29,39)(H,30,40)(H,31,35)(H,32,36). The van der Waals surface area contributed by atoms with Gasteiger partial charge in [0, 0.05) is 54.2 Å². The Morgan fingerprint density at radius 1 is 0.682 bits per heavy atom. The Morgan fingerprint density at radius 2 is 1.11 bits per heavy atom. The maximum absolute atomic E-state index is 12.3. The number of nitrogens with zero attached hydrogens (tertiary/aromatic N) is 4. The number of carbonyl (C=O) groups excluding carboxylic acids is 4. The molecule has 16 heteroatoms. The van der Waals surface area contributed by atoms with Gasteiger partial charge in [-0.2, -0.15) is 0 Å². The van der Waals surface area contributed by atoms with Crippen LogP contribution in [0.5, 0.6) is 0 Å². The highest BCUT2D eigenvalue weighted by atomic mass is 31.1. The van der Waals surface area contributed by atoms with Gasteiger partial charge in [0.15, 0.2) is 11.0 Å². The molecule has 0 spiro atoms. The number of amides is 2. The van der Waals surface area contributed by atoms with Crippen LogP contribution in [0.4, 0.5) is 9.59 Å². The molecule has 0 bridgehead atoms. The summed E-state index contributed by atoms with van der Waals surface area (Å²) >= 11 is 0. The predicted octanol–water partition coefficient (Wildman–Crippen LogP) is 2.72. The van der Waals surface area contributed by atoms with Gasteiger partial charge in [-0.1, -0.05) is 12.1 Å². The first-order valence-electron chi connectivity index (χ1n) is 13.4. The Bertz CT molecular complexity index is 1720. The third-order valence-corrected chi connectivity index (χ3v) is 8.37. The smallest absolute Gasteiger partial charge is 0.406 e. The van der Waals surface area contributed by atoms with E-state index >= 15 is 0 Å². The lowest BCUT2D eigenvalue weighted by atomic mass is 10.1. The Hall–Kier alpha value is -4.80. The van der Waals surface area contributed by atoms with Crippen molar-refractivity contribution >= 4 is 73.6 Å². The van der Waals surface area contributed by atoms with Gasteiger partial charge in [0.05, 0.1) is 60.1 Å². The number of hydrogen-bond acceptors (Lipinski definition) is 10. The molecule has 0 aliphatic heterocycles. The minimum atomic E-state index is -0.573. The molecule has 4 N–H and O–H groups in total. The lowest BCUT2D eigenvalue weighted by molar-refractivity contribution is -0.111. The van der Waals surface area contributed by atoms with Gasteiger partial charge in [-0.15, -0.1) is 0 Å². The lowest BCUT2D eigenvalue weighted by Gasteiger charge is -2.05. The fourth-order valence-electron chi connectivity index (χ4n) is 4.16. The zero-order valence-corrected chi connectivity index (χ0v) is 25.7. The highest BCUT2D eigenvalue weighted by Gasteiger charge is 2.13. The molecular formula is C28H28N8O6P2. The van der Waals surface area contributed by atoms with Gasteiger partial charge in [-0.3, -0.25) is 9.59 Å². The number of H-pyrrole nitrogens is 2. The number of imidazole rings is 2. The number of carbonyl (C=O) groups is 4. The van der Waals surface area contributed by atoms with E-state index in [1.165, 1.54) is 14.2 Å². The van der Waals surface area contributed by atoms with Crippen molar-refractivity contribution in [2.45, 2.75) is 12.8 Å². The molecule has 14 nitrogen and oxygen atoms in total. The van der Waals surface area contributed by atoms with Crippen molar-refractivity contribution in [3.05, 3.63) is 48.8 Å². The fraction of sp³-hybridized carbons (Fsp3) is 0.214. The number of hydrogen-bond donors (Lipinski definition) is 4. The van der Waals surface area contributed by atoms with E-state index in [1.54, 1.807) is 12.4 Å². The van der Waals surface area contributed by atoms with E-state index < -0.39 is 12.2 Å².